The van der Waals surface area contributed by atoms with Gasteiger partial charge in [0, 0.05) is 11.6 Å². The fourth-order valence-electron chi connectivity index (χ4n) is 0.333. The lowest BCUT2D eigenvalue weighted by atomic mass is 10.4. The smallest absolute Gasteiger partial charge is 0.385 e. The number of hydrogen-bond donors (Lipinski definition) is 1. The average Bonchev–Trinajstić information content (AvgIpc) is 2.04. The highest BCUT2D eigenvalue weighted by molar-refractivity contribution is 7.25. The maximum Gasteiger partial charge on any atom is 0.433 e. The predicted octanol–water partition coefficient (Wildman–Crippen LogP) is 0.962. The fourth-order valence-corrected chi connectivity index (χ4v) is 0.550. The summed E-state index contributed by atoms with van der Waals surface area (Å²) < 4.78 is 14.7. The Balaban J connectivity index is 4.41. The Bertz CT molecular complexity index is 226. The largest absolute Gasteiger partial charge is 0.433 e. The number of ether oxygens (including phenoxy) is 1. The second-order valence-electron chi connectivity index (χ2n) is 2.17. The molecular formula is C7H10O4P+. The van der Waals surface area contributed by atoms with Crippen LogP contribution in [0.15, 0.2) is 24.8 Å². The van der Waals surface area contributed by atoms with Gasteiger partial charge in [0.05, 0.1) is 0 Å². The molecule has 4 nitrogen and oxygen atoms in total. The summed E-state index contributed by atoms with van der Waals surface area (Å²) in [5.74, 6) is -0.805. The lowest BCUT2D eigenvalue weighted by Gasteiger charge is -2.09. The van der Waals surface area contributed by atoms with E-state index in [1.54, 1.807) is 0 Å². The molecule has 0 aromatic rings. The average molecular weight is 189 g/mol. The molecule has 0 saturated heterocycles. The van der Waals surface area contributed by atoms with Crippen molar-refractivity contribution in [3.05, 3.63) is 24.8 Å². The van der Waals surface area contributed by atoms with E-state index in [-0.39, 0.29) is 5.57 Å². The first-order valence-electron chi connectivity index (χ1n) is 3.09. The molecule has 0 radical (unpaired) electrons. The van der Waals surface area contributed by atoms with Crippen molar-refractivity contribution in [1.29, 1.82) is 0 Å². The van der Waals surface area contributed by atoms with Gasteiger partial charge >= 0.3 is 20.0 Å². The van der Waals surface area contributed by atoms with Crippen LogP contribution >= 0.6 is 8.46 Å². The van der Waals surface area contributed by atoms with Crippen LogP contribution in [0.3, 0.4) is 0 Å². The number of aliphatic hydroxyl groups is 1. The van der Waals surface area contributed by atoms with Crippen LogP contribution in [0.4, 0.5) is 0 Å². The van der Waals surface area contributed by atoms with Crippen LogP contribution in [0, 0.1) is 0 Å². The highest BCUT2D eigenvalue weighted by Gasteiger charge is 2.37. The summed E-state index contributed by atoms with van der Waals surface area (Å²) in [4.78, 5) is 10.8. The van der Waals surface area contributed by atoms with Crippen LogP contribution in [0.1, 0.15) is 6.92 Å². The molecule has 0 aliphatic heterocycles. The Morgan fingerprint density at radius 3 is 2.50 bits per heavy atom. The van der Waals surface area contributed by atoms with Crippen molar-refractivity contribution in [3.8, 4) is 0 Å². The van der Waals surface area contributed by atoms with Crippen molar-refractivity contribution in [2.24, 2.45) is 0 Å². The fraction of sp³-hybridized carbons (Fsp3) is 0.286. The molecule has 1 N–H and O–H groups in total. The lowest BCUT2D eigenvalue weighted by Crippen LogP contribution is -2.26. The van der Waals surface area contributed by atoms with Crippen molar-refractivity contribution in [2.45, 2.75) is 12.5 Å². The molecule has 0 aromatic heterocycles. The van der Waals surface area contributed by atoms with Gasteiger partial charge in [0.2, 0.25) is 0 Å². The van der Waals surface area contributed by atoms with Crippen molar-refractivity contribution >= 4 is 14.4 Å². The molecule has 66 valence electrons. The Labute approximate surface area is 71.7 Å². The second-order valence-corrected chi connectivity index (χ2v) is 3.09. The minimum atomic E-state index is -2.09. The van der Waals surface area contributed by atoms with Gasteiger partial charge in [-0.3, -0.25) is 0 Å². The lowest BCUT2D eigenvalue weighted by molar-refractivity contribution is -0.162. The van der Waals surface area contributed by atoms with E-state index >= 15 is 0 Å². The summed E-state index contributed by atoms with van der Waals surface area (Å²) in [5.41, 5.74) is -1.97. The zero-order valence-electron chi connectivity index (χ0n) is 6.66. The maximum absolute atomic E-state index is 10.8. The SMILES string of the molecule is C=CC(O)(OC(=O)C(=C)C)[PH+]=O. The highest BCUT2D eigenvalue weighted by atomic mass is 31.1. The molecule has 0 saturated carbocycles. The number of hydrogen-bond acceptors (Lipinski definition) is 4. The molecule has 0 amide bonds. The molecule has 0 aliphatic rings. The molecule has 12 heavy (non-hydrogen) atoms. The number of carbonyl (C=O) groups excluding carboxylic acids is 1. The first kappa shape index (κ1) is 11.0. The Morgan fingerprint density at radius 2 is 2.25 bits per heavy atom. The zero-order chi connectivity index (χ0) is 9.78. The van der Waals surface area contributed by atoms with Crippen molar-refractivity contribution in [1.82, 2.24) is 0 Å². The number of esters is 1. The monoisotopic (exact) mass is 189 g/mol. The quantitative estimate of drug-likeness (QED) is 0.235. The van der Waals surface area contributed by atoms with E-state index in [0.717, 1.165) is 6.08 Å². The Morgan fingerprint density at radius 1 is 1.75 bits per heavy atom. The van der Waals surface area contributed by atoms with Crippen LogP contribution in [-0.2, 0) is 14.1 Å². The molecule has 5 heteroatoms. The molecular weight excluding hydrogens is 179 g/mol. The topological polar surface area (TPSA) is 63.6 Å². The van der Waals surface area contributed by atoms with Crippen LogP contribution in [0.5, 0.6) is 0 Å². The highest BCUT2D eigenvalue weighted by Crippen LogP contribution is 2.23. The second kappa shape index (κ2) is 4.14. The van der Waals surface area contributed by atoms with Crippen molar-refractivity contribution in [2.75, 3.05) is 0 Å². The molecule has 0 bridgehead atoms. The van der Waals surface area contributed by atoms with E-state index in [1.807, 2.05) is 0 Å². The molecule has 0 rings (SSSR count). The van der Waals surface area contributed by atoms with E-state index in [9.17, 15) is 9.36 Å². The summed E-state index contributed by atoms with van der Waals surface area (Å²) in [5, 5.41) is 9.15. The third-order valence-electron chi connectivity index (χ3n) is 1.02. The van der Waals surface area contributed by atoms with Gasteiger partial charge in [0.25, 0.3) is 0 Å². The summed E-state index contributed by atoms with van der Waals surface area (Å²) in [6.45, 7) is 7.87. The van der Waals surface area contributed by atoms with E-state index in [1.165, 1.54) is 6.92 Å². The van der Waals surface area contributed by atoms with Crippen LogP contribution in [0.2, 0.25) is 0 Å². The van der Waals surface area contributed by atoms with Gasteiger partial charge in [0.15, 0.2) is 0 Å². The molecule has 0 aromatic carbocycles. The number of rotatable bonds is 4. The first-order valence-corrected chi connectivity index (χ1v) is 4.00. The van der Waals surface area contributed by atoms with E-state index in [0.29, 0.717) is 0 Å². The molecule has 2 atom stereocenters. The zero-order valence-corrected chi connectivity index (χ0v) is 7.66. The van der Waals surface area contributed by atoms with Gasteiger partial charge in [-0.15, -0.1) is 0 Å². The normalized spacial score (nSPS) is 14.8. The van der Waals surface area contributed by atoms with Gasteiger partial charge in [-0.2, -0.15) is 0 Å². The summed E-state index contributed by atoms with van der Waals surface area (Å²) in [7, 11) is -1.21. The summed E-state index contributed by atoms with van der Waals surface area (Å²) >= 11 is 0. The van der Waals surface area contributed by atoms with E-state index < -0.39 is 20.0 Å². The molecule has 2 unspecified atom stereocenters. The van der Waals surface area contributed by atoms with Gasteiger partial charge in [-0.1, -0.05) is 17.7 Å². The van der Waals surface area contributed by atoms with E-state index in [2.05, 4.69) is 17.9 Å². The summed E-state index contributed by atoms with van der Waals surface area (Å²) in [6.07, 6.45) is 0.888. The summed E-state index contributed by atoms with van der Waals surface area (Å²) in [6, 6.07) is 0. The van der Waals surface area contributed by atoms with Gasteiger partial charge in [-0.05, 0) is 6.92 Å². The van der Waals surface area contributed by atoms with Crippen LogP contribution in [-0.4, -0.2) is 16.6 Å². The molecule has 0 fully saturated rings. The molecule has 0 heterocycles. The maximum atomic E-state index is 10.8. The van der Waals surface area contributed by atoms with E-state index in [4.69, 9.17) is 5.11 Å². The Hall–Kier alpha value is -0.990. The molecule has 0 spiro atoms. The van der Waals surface area contributed by atoms with Crippen LogP contribution in [0.25, 0.3) is 0 Å². The Kier molecular flexibility index (Phi) is 3.80. The van der Waals surface area contributed by atoms with Crippen LogP contribution < -0.4 is 0 Å². The van der Waals surface area contributed by atoms with Crippen molar-refractivity contribution in [3.63, 3.8) is 0 Å². The standard InChI is InChI=1S/C7H9O4P/c1-4-7(9,12-10)11-6(8)5(2)3/h4,9H,1-2H2,3H3/p+1. The number of carbonyl (C=O) groups is 1. The predicted molar refractivity (Wildman–Crippen MR) is 45.1 cm³/mol. The van der Waals surface area contributed by atoms with Gasteiger partial charge in [-0.25, -0.2) is 4.79 Å². The van der Waals surface area contributed by atoms with Gasteiger partial charge < -0.3 is 9.84 Å². The van der Waals surface area contributed by atoms with Gasteiger partial charge in [0.1, 0.15) is 0 Å². The third-order valence-corrected chi connectivity index (χ3v) is 1.62. The third kappa shape index (κ3) is 2.95. The van der Waals surface area contributed by atoms with Crippen molar-refractivity contribution < 1.29 is 19.2 Å². The minimum absolute atomic E-state index is 0.119. The molecule has 0 aliphatic carbocycles. The first-order chi connectivity index (χ1) is 5.45. The minimum Gasteiger partial charge on any atom is -0.385 e.